The maximum atomic E-state index is 3.60. The molecule has 0 aliphatic carbocycles. The van der Waals surface area contributed by atoms with Crippen molar-refractivity contribution in [1.29, 1.82) is 0 Å². The normalized spacial score (nSPS) is 17.5. The zero-order valence-electron chi connectivity index (χ0n) is 14.0. The number of likely N-dealkylation sites (N-methyl/N-ethyl adjacent to an activating group) is 1. The Hall–Kier alpha value is -0.590. The van der Waals surface area contributed by atoms with E-state index in [0.29, 0.717) is 0 Å². The summed E-state index contributed by atoms with van der Waals surface area (Å²) < 4.78 is 0. The Kier molecular flexibility index (Phi) is 7.55. The Labute approximate surface area is 126 Å². The van der Waals surface area contributed by atoms with E-state index in [0.717, 1.165) is 31.0 Å². The van der Waals surface area contributed by atoms with E-state index in [-0.39, 0.29) is 7.92 Å². The van der Waals surface area contributed by atoms with Crippen LogP contribution < -0.4 is 5.32 Å². The Bertz CT molecular complexity index is 368. The van der Waals surface area contributed by atoms with Gasteiger partial charge in [-0.2, -0.15) is 0 Å². The molecule has 20 heavy (non-hydrogen) atoms. The topological polar surface area (TPSA) is 15.3 Å². The Morgan fingerprint density at radius 3 is 2.25 bits per heavy atom. The third kappa shape index (κ3) is 5.42. The molecule has 1 N–H and O–H groups in total. The van der Waals surface area contributed by atoms with Crippen LogP contribution in [0.25, 0.3) is 0 Å². The molecule has 0 fully saturated rings. The second kappa shape index (κ2) is 8.64. The molecule has 1 rings (SSSR count). The quantitative estimate of drug-likeness (QED) is 0.695. The minimum Gasteiger partial charge on any atom is -0.358 e. The van der Waals surface area contributed by atoms with Gasteiger partial charge >= 0.3 is 0 Å². The van der Waals surface area contributed by atoms with E-state index in [4.69, 9.17) is 0 Å². The minimum absolute atomic E-state index is 0.0648. The van der Waals surface area contributed by atoms with Crippen molar-refractivity contribution in [3.63, 3.8) is 0 Å². The van der Waals surface area contributed by atoms with Gasteiger partial charge in [-0.25, -0.2) is 0 Å². The second-order valence-corrected chi connectivity index (χ2v) is 9.07. The molecule has 0 aromatic rings. The van der Waals surface area contributed by atoms with Gasteiger partial charge in [0.2, 0.25) is 0 Å². The third-order valence-electron chi connectivity index (χ3n) is 3.65. The van der Waals surface area contributed by atoms with Crippen LogP contribution in [-0.2, 0) is 0 Å². The highest BCUT2D eigenvalue weighted by atomic mass is 31.1. The number of allylic oxidation sites excluding steroid dienone is 3. The first kappa shape index (κ1) is 17.5. The van der Waals surface area contributed by atoms with Gasteiger partial charge in [-0.3, -0.25) is 4.90 Å². The lowest BCUT2D eigenvalue weighted by Gasteiger charge is -2.26. The van der Waals surface area contributed by atoms with Gasteiger partial charge in [0.05, 0.1) is 0 Å². The minimum atomic E-state index is -0.0648. The highest BCUT2D eigenvalue weighted by molar-refractivity contribution is 7.62. The van der Waals surface area contributed by atoms with E-state index >= 15 is 0 Å². The van der Waals surface area contributed by atoms with Crippen LogP contribution in [-0.4, -0.2) is 35.9 Å². The highest BCUT2D eigenvalue weighted by Crippen LogP contribution is 2.48. The van der Waals surface area contributed by atoms with Gasteiger partial charge in [-0.05, 0) is 42.4 Å². The zero-order chi connectivity index (χ0) is 15.1. The van der Waals surface area contributed by atoms with Gasteiger partial charge in [0, 0.05) is 17.9 Å². The average molecular weight is 294 g/mol. The molecule has 0 spiro atoms. The molecule has 0 bridgehead atoms. The number of rotatable bonds is 7. The van der Waals surface area contributed by atoms with Gasteiger partial charge in [0.1, 0.15) is 0 Å². The molecular weight excluding hydrogens is 263 g/mol. The highest BCUT2D eigenvalue weighted by Gasteiger charge is 2.15. The number of hydrogen-bond donors (Lipinski definition) is 1. The lowest BCUT2D eigenvalue weighted by atomic mass is 10.2. The van der Waals surface area contributed by atoms with Crippen molar-refractivity contribution in [2.45, 2.75) is 52.9 Å². The molecule has 0 radical (unpaired) electrons. The molecular formula is C17H31N2P. The van der Waals surface area contributed by atoms with Crippen molar-refractivity contribution in [3.8, 4) is 0 Å². The zero-order valence-corrected chi connectivity index (χ0v) is 14.9. The first-order valence-electron chi connectivity index (χ1n) is 7.83. The van der Waals surface area contributed by atoms with Crippen LogP contribution >= 0.6 is 7.92 Å². The summed E-state index contributed by atoms with van der Waals surface area (Å²) in [5, 5.41) is 3.60. The maximum Gasteiger partial charge on any atom is 0.0387 e. The standard InChI is InChI=1S/C17H31N2P/c1-7-19(8-2)12-16-10-9-11-17(18-16)13-20(14(3)4)15(5)6/h9-11,13-15,18H,7-8,12H2,1-6H3/b17-13-. The summed E-state index contributed by atoms with van der Waals surface area (Å²) in [4.78, 5) is 2.43. The number of nitrogens with zero attached hydrogens (tertiary/aromatic N) is 1. The fourth-order valence-corrected chi connectivity index (χ4v) is 4.71. The van der Waals surface area contributed by atoms with Crippen LogP contribution in [0.2, 0.25) is 0 Å². The summed E-state index contributed by atoms with van der Waals surface area (Å²) in [6.07, 6.45) is 6.57. The van der Waals surface area contributed by atoms with Gasteiger partial charge in [-0.15, -0.1) is 0 Å². The van der Waals surface area contributed by atoms with Crippen LogP contribution in [0.3, 0.4) is 0 Å². The molecule has 1 heterocycles. The van der Waals surface area contributed by atoms with Crippen molar-refractivity contribution in [2.24, 2.45) is 0 Å². The van der Waals surface area contributed by atoms with Crippen molar-refractivity contribution in [1.82, 2.24) is 10.2 Å². The Morgan fingerprint density at radius 2 is 1.75 bits per heavy atom. The molecule has 114 valence electrons. The fraction of sp³-hybridized carbons (Fsp3) is 0.647. The SMILES string of the molecule is CCN(CC)CC1=CC=C/C(=C/P(C(C)C)C(C)C)N1. The lowest BCUT2D eigenvalue weighted by Crippen LogP contribution is -2.30. The first-order valence-corrected chi connectivity index (χ1v) is 9.38. The Morgan fingerprint density at radius 1 is 1.15 bits per heavy atom. The van der Waals surface area contributed by atoms with Gasteiger partial charge in [0.15, 0.2) is 0 Å². The molecule has 0 atom stereocenters. The molecule has 0 aromatic heterocycles. The number of nitrogens with one attached hydrogen (secondary N) is 1. The van der Waals surface area contributed by atoms with Gasteiger partial charge in [-0.1, -0.05) is 55.5 Å². The molecule has 3 heteroatoms. The van der Waals surface area contributed by atoms with Gasteiger partial charge < -0.3 is 5.32 Å². The van der Waals surface area contributed by atoms with Crippen LogP contribution in [0, 0.1) is 0 Å². The van der Waals surface area contributed by atoms with E-state index in [1.165, 1.54) is 11.4 Å². The van der Waals surface area contributed by atoms with Crippen molar-refractivity contribution in [3.05, 3.63) is 35.4 Å². The smallest absolute Gasteiger partial charge is 0.0387 e. The maximum absolute atomic E-state index is 3.60. The van der Waals surface area contributed by atoms with E-state index in [2.05, 4.69) is 75.8 Å². The van der Waals surface area contributed by atoms with Gasteiger partial charge in [0.25, 0.3) is 0 Å². The Balaban J connectivity index is 2.72. The average Bonchev–Trinajstić information content (AvgIpc) is 2.42. The van der Waals surface area contributed by atoms with Crippen LogP contribution in [0.15, 0.2) is 35.4 Å². The molecule has 2 nitrogen and oxygen atoms in total. The summed E-state index contributed by atoms with van der Waals surface area (Å²) in [6.45, 7) is 17.0. The summed E-state index contributed by atoms with van der Waals surface area (Å²) in [5.41, 5.74) is 4.07. The van der Waals surface area contributed by atoms with E-state index < -0.39 is 0 Å². The van der Waals surface area contributed by atoms with Crippen LogP contribution in [0.1, 0.15) is 41.5 Å². The van der Waals surface area contributed by atoms with Crippen molar-refractivity contribution in [2.75, 3.05) is 19.6 Å². The van der Waals surface area contributed by atoms with Crippen LogP contribution in [0.4, 0.5) is 0 Å². The summed E-state index contributed by atoms with van der Waals surface area (Å²) >= 11 is 0. The molecule has 1 aliphatic heterocycles. The largest absolute Gasteiger partial charge is 0.358 e. The lowest BCUT2D eigenvalue weighted by molar-refractivity contribution is 0.325. The molecule has 0 unspecified atom stereocenters. The number of dihydropyridines is 1. The fourth-order valence-electron chi connectivity index (χ4n) is 2.45. The first-order chi connectivity index (χ1) is 9.47. The van der Waals surface area contributed by atoms with E-state index in [1.807, 2.05) is 0 Å². The molecule has 0 aromatic carbocycles. The third-order valence-corrected chi connectivity index (χ3v) is 6.61. The molecule has 0 saturated heterocycles. The molecule has 1 aliphatic rings. The second-order valence-electron chi connectivity index (χ2n) is 5.86. The predicted molar refractivity (Wildman–Crippen MR) is 93.4 cm³/mol. The summed E-state index contributed by atoms with van der Waals surface area (Å²) in [5.74, 6) is 2.47. The predicted octanol–water partition coefficient (Wildman–Crippen LogP) is 4.51. The summed E-state index contributed by atoms with van der Waals surface area (Å²) in [7, 11) is -0.0648. The molecule has 0 saturated carbocycles. The molecule has 0 amide bonds. The summed E-state index contributed by atoms with van der Waals surface area (Å²) in [6, 6.07) is 0. The number of hydrogen-bond acceptors (Lipinski definition) is 2. The van der Waals surface area contributed by atoms with Crippen LogP contribution in [0.5, 0.6) is 0 Å². The van der Waals surface area contributed by atoms with Crippen molar-refractivity contribution < 1.29 is 0 Å². The van der Waals surface area contributed by atoms with Crippen molar-refractivity contribution >= 4 is 7.92 Å². The van der Waals surface area contributed by atoms with E-state index in [9.17, 15) is 0 Å². The van der Waals surface area contributed by atoms with E-state index in [1.54, 1.807) is 0 Å². The monoisotopic (exact) mass is 294 g/mol.